The third-order valence-corrected chi connectivity index (χ3v) is 3.48. The number of ether oxygens (including phenoxy) is 1. The van der Waals surface area contributed by atoms with E-state index in [9.17, 15) is 9.90 Å². The Morgan fingerprint density at radius 1 is 1.40 bits per heavy atom. The summed E-state index contributed by atoms with van der Waals surface area (Å²) in [4.78, 5) is 11.8. The summed E-state index contributed by atoms with van der Waals surface area (Å²) in [6.07, 6.45) is 0.528. The van der Waals surface area contributed by atoms with Crippen molar-refractivity contribution in [2.45, 2.75) is 44.8 Å². The summed E-state index contributed by atoms with van der Waals surface area (Å²) in [6, 6.07) is 9.96. The minimum Gasteiger partial charge on any atom is -0.444 e. The van der Waals surface area contributed by atoms with Crippen LogP contribution in [0.15, 0.2) is 30.3 Å². The maximum absolute atomic E-state index is 11.8. The fourth-order valence-electron chi connectivity index (χ4n) is 2.49. The SMILES string of the molecule is CC(C)(C)OC(=O)N[C@@H](CO)[C@H]1C[C@H]1c1ccccc1. The van der Waals surface area contributed by atoms with Crippen molar-refractivity contribution in [3.8, 4) is 0 Å². The first-order chi connectivity index (χ1) is 9.40. The summed E-state index contributed by atoms with van der Waals surface area (Å²) in [6.45, 7) is 5.41. The van der Waals surface area contributed by atoms with Crippen LogP contribution >= 0.6 is 0 Å². The molecule has 0 bridgehead atoms. The van der Waals surface area contributed by atoms with Crippen LogP contribution in [0.2, 0.25) is 0 Å². The second-order valence-electron chi connectivity index (χ2n) is 6.35. The van der Waals surface area contributed by atoms with Crippen molar-refractivity contribution in [3.05, 3.63) is 35.9 Å². The summed E-state index contributed by atoms with van der Waals surface area (Å²) in [7, 11) is 0. The molecule has 2 rings (SSSR count). The van der Waals surface area contributed by atoms with Gasteiger partial charge in [-0.3, -0.25) is 0 Å². The molecule has 0 aliphatic heterocycles. The van der Waals surface area contributed by atoms with Gasteiger partial charge in [0, 0.05) is 0 Å². The van der Waals surface area contributed by atoms with Crippen LogP contribution < -0.4 is 5.32 Å². The van der Waals surface area contributed by atoms with E-state index in [1.807, 2.05) is 39.0 Å². The zero-order valence-corrected chi connectivity index (χ0v) is 12.3. The summed E-state index contributed by atoms with van der Waals surface area (Å²) in [5.41, 5.74) is 0.744. The highest BCUT2D eigenvalue weighted by Gasteiger charge is 2.44. The van der Waals surface area contributed by atoms with E-state index < -0.39 is 11.7 Å². The van der Waals surface area contributed by atoms with E-state index in [0.717, 1.165) is 6.42 Å². The van der Waals surface area contributed by atoms with Gasteiger partial charge >= 0.3 is 6.09 Å². The third-order valence-electron chi connectivity index (χ3n) is 3.48. The lowest BCUT2D eigenvalue weighted by atomic mass is 10.1. The third kappa shape index (κ3) is 3.97. The maximum Gasteiger partial charge on any atom is 0.407 e. The number of alkyl carbamates (subject to hydrolysis) is 1. The number of rotatable bonds is 4. The molecule has 1 fully saturated rings. The first kappa shape index (κ1) is 14.9. The van der Waals surface area contributed by atoms with Crippen LogP contribution in [-0.4, -0.2) is 29.4 Å². The molecule has 0 radical (unpaired) electrons. The first-order valence-corrected chi connectivity index (χ1v) is 7.06. The van der Waals surface area contributed by atoms with Crippen molar-refractivity contribution in [1.82, 2.24) is 5.32 Å². The Hall–Kier alpha value is -1.55. The van der Waals surface area contributed by atoms with E-state index >= 15 is 0 Å². The maximum atomic E-state index is 11.8. The van der Waals surface area contributed by atoms with Crippen LogP contribution in [0.3, 0.4) is 0 Å². The Morgan fingerprint density at radius 3 is 2.60 bits per heavy atom. The number of nitrogens with one attached hydrogen (secondary N) is 1. The molecule has 0 unspecified atom stereocenters. The molecular weight excluding hydrogens is 254 g/mol. The molecule has 20 heavy (non-hydrogen) atoms. The number of hydrogen-bond donors (Lipinski definition) is 2. The normalized spacial score (nSPS) is 23.0. The van der Waals surface area contributed by atoms with Crippen molar-refractivity contribution in [2.24, 2.45) is 5.92 Å². The molecule has 0 aromatic heterocycles. The van der Waals surface area contributed by atoms with Gasteiger partial charge in [0.05, 0.1) is 12.6 Å². The molecule has 1 aromatic rings. The standard InChI is InChI=1S/C16H23NO3/c1-16(2,3)20-15(19)17-14(10-18)13-9-12(13)11-7-5-4-6-8-11/h4-8,12-14,18H,9-10H2,1-3H3,(H,17,19)/t12-,13-,14-/m0/s1. The van der Waals surface area contributed by atoms with Crippen LogP contribution in [0.25, 0.3) is 0 Å². The van der Waals surface area contributed by atoms with Crippen molar-refractivity contribution < 1.29 is 14.6 Å². The van der Waals surface area contributed by atoms with E-state index in [1.165, 1.54) is 5.56 Å². The number of carbonyl (C=O) groups excluding carboxylic acids is 1. The van der Waals surface area contributed by atoms with Gasteiger partial charge in [-0.15, -0.1) is 0 Å². The first-order valence-electron chi connectivity index (χ1n) is 7.06. The van der Waals surface area contributed by atoms with Gasteiger partial charge in [-0.1, -0.05) is 30.3 Å². The van der Waals surface area contributed by atoms with Gasteiger partial charge in [0.2, 0.25) is 0 Å². The summed E-state index contributed by atoms with van der Waals surface area (Å²) in [5.74, 6) is 0.707. The second-order valence-corrected chi connectivity index (χ2v) is 6.35. The van der Waals surface area contributed by atoms with Gasteiger partial charge in [0.25, 0.3) is 0 Å². The minimum absolute atomic E-state index is 0.0623. The molecule has 1 aliphatic rings. The van der Waals surface area contributed by atoms with E-state index in [2.05, 4.69) is 17.4 Å². The van der Waals surface area contributed by atoms with Gasteiger partial charge < -0.3 is 15.2 Å². The molecule has 0 heterocycles. The van der Waals surface area contributed by atoms with Gasteiger partial charge in [-0.05, 0) is 44.6 Å². The Balaban J connectivity index is 1.90. The average Bonchev–Trinajstić information content (AvgIpc) is 3.15. The lowest BCUT2D eigenvalue weighted by molar-refractivity contribution is 0.0472. The van der Waals surface area contributed by atoms with Crippen LogP contribution in [0.1, 0.15) is 38.7 Å². The van der Waals surface area contributed by atoms with Gasteiger partial charge in [-0.2, -0.15) is 0 Å². The zero-order chi connectivity index (χ0) is 14.8. The van der Waals surface area contributed by atoms with Crippen LogP contribution in [0, 0.1) is 5.92 Å². The van der Waals surface area contributed by atoms with Gasteiger partial charge in [0.15, 0.2) is 0 Å². The number of amides is 1. The van der Waals surface area contributed by atoms with Crippen molar-refractivity contribution in [2.75, 3.05) is 6.61 Å². The largest absolute Gasteiger partial charge is 0.444 e. The lowest BCUT2D eigenvalue weighted by Crippen LogP contribution is -2.42. The Morgan fingerprint density at radius 2 is 2.05 bits per heavy atom. The number of hydrogen-bond acceptors (Lipinski definition) is 3. The van der Waals surface area contributed by atoms with E-state index in [1.54, 1.807) is 0 Å². The highest BCUT2D eigenvalue weighted by Crippen LogP contribution is 2.49. The number of carbonyl (C=O) groups is 1. The fraction of sp³-hybridized carbons (Fsp3) is 0.562. The Bertz CT molecular complexity index is 453. The molecule has 2 N–H and O–H groups in total. The van der Waals surface area contributed by atoms with E-state index in [-0.39, 0.29) is 18.6 Å². The number of aliphatic hydroxyl groups excluding tert-OH is 1. The molecule has 0 spiro atoms. The number of aliphatic hydroxyl groups is 1. The quantitative estimate of drug-likeness (QED) is 0.889. The predicted molar refractivity (Wildman–Crippen MR) is 77.5 cm³/mol. The highest BCUT2D eigenvalue weighted by atomic mass is 16.6. The summed E-state index contributed by atoms with van der Waals surface area (Å²) in [5, 5.41) is 12.3. The molecule has 1 aliphatic carbocycles. The van der Waals surface area contributed by atoms with Crippen molar-refractivity contribution in [1.29, 1.82) is 0 Å². The molecule has 3 atom stereocenters. The Labute approximate surface area is 120 Å². The number of benzene rings is 1. The van der Waals surface area contributed by atoms with E-state index in [4.69, 9.17) is 4.74 Å². The monoisotopic (exact) mass is 277 g/mol. The summed E-state index contributed by atoms with van der Waals surface area (Å²) < 4.78 is 5.23. The molecule has 0 saturated heterocycles. The van der Waals surface area contributed by atoms with Crippen LogP contribution in [0.5, 0.6) is 0 Å². The van der Waals surface area contributed by atoms with Crippen LogP contribution in [-0.2, 0) is 4.74 Å². The molecule has 1 aromatic carbocycles. The van der Waals surface area contributed by atoms with Crippen LogP contribution in [0.4, 0.5) is 4.79 Å². The van der Waals surface area contributed by atoms with Crippen molar-refractivity contribution >= 4 is 6.09 Å². The topological polar surface area (TPSA) is 58.6 Å². The van der Waals surface area contributed by atoms with E-state index in [0.29, 0.717) is 5.92 Å². The minimum atomic E-state index is -0.521. The predicted octanol–water partition coefficient (Wildman–Crippen LogP) is 2.68. The average molecular weight is 277 g/mol. The Kier molecular flexibility index (Phi) is 4.33. The zero-order valence-electron chi connectivity index (χ0n) is 12.3. The fourth-order valence-corrected chi connectivity index (χ4v) is 2.49. The van der Waals surface area contributed by atoms with Gasteiger partial charge in [0.1, 0.15) is 5.60 Å². The van der Waals surface area contributed by atoms with Gasteiger partial charge in [-0.25, -0.2) is 4.79 Å². The smallest absolute Gasteiger partial charge is 0.407 e. The molecule has 110 valence electrons. The lowest BCUT2D eigenvalue weighted by Gasteiger charge is -2.23. The second kappa shape index (κ2) is 5.83. The van der Waals surface area contributed by atoms with Crippen molar-refractivity contribution in [3.63, 3.8) is 0 Å². The molecule has 1 saturated carbocycles. The molecule has 4 nitrogen and oxygen atoms in total. The molecule has 1 amide bonds. The highest BCUT2D eigenvalue weighted by molar-refractivity contribution is 5.68. The molecule has 4 heteroatoms. The summed E-state index contributed by atoms with van der Waals surface area (Å²) >= 11 is 0. The molecular formula is C16H23NO3.